The molecule has 1 aliphatic heterocycles. The summed E-state index contributed by atoms with van der Waals surface area (Å²) in [7, 11) is 0. The third kappa shape index (κ3) is 3.99. The van der Waals surface area contributed by atoms with Crippen molar-refractivity contribution in [2.45, 2.75) is 6.92 Å². The number of aromatic nitrogens is 4. The summed E-state index contributed by atoms with van der Waals surface area (Å²) < 4.78 is 17.1. The molecule has 5 rings (SSSR count). The topological polar surface area (TPSA) is 76.1 Å². The van der Waals surface area contributed by atoms with Gasteiger partial charge in [0.05, 0.1) is 23.6 Å². The van der Waals surface area contributed by atoms with Gasteiger partial charge in [0, 0.05) is 44.0 Å². The zero-order chi connectivity index (χ0) is 22.9. The van der Waals surface area contributed by atoms with E-state index in [1.54, 1.807) is 18.3 Å². The standard InChI is InChI=1S/C25H24FN7/c1-3-10-31-11-13-32(14-12-31)23-7-4-19(16-20(23)26)33-17(2)29-22-6-5-21(30-25(22)33)18-8-9-28-24(27)15-18/h1,4-9,15-16H,10-14H2,2H3,(H2,27,28). The van der Waals surface area contributed by atoms with Crippen LogP contribution in [0.5, 0.6) is 0 Å². The summed E-state index contributed by atoms with van der Waals surface area (Å²) in [5.41, 5.74) is 10.1. The first kappa shape index (κ1) is 20.9. The summed E-state index contributed by atoms with van der Waals surface area (Å²) in [5.74, 6) is 3.57. The van der Waals surface area contributed by atoms with Crippen LogP contribution in [0.2, 0.25) is 0 Å². The molecule has 1 fully saturated rings. The molecule has 166 valence electrons. The Bertz CT molecular complexity index is 1360. The van der Waals surface area contributed by atoms with Crippen molar-refractivity contribution in [3.8, 4) is 29.3 Å². The van der Waals surface area contributed by atoms with Crippen LogP contribution in [0.3, 0.4) is 0 Å². The number of fused-ring (bicyclic) bond motifs is 1. The first-order chi connectivity index (χ1) is 16.0. The monoisotopic (exact) mass is 441 g/mol. The maximum absolute atomic E-state index is 15.2. The molecule has 1 aromatic carbocycles. The zero-order valence-corrected chi connectivity index (χ0v) is 18.4. The quantitative estimate of drug-likeness (QED) is 0.490. The molecule has 2 N–H and O–H groups in total. The maximum atomic E-state index is 15.2. The lowest BCUT2D eigenvalue weighted by Crippen LogP contribution is -2.46. The first-order valence-electron chi connectivity index (χ1n) is 10.8. The number of nitrogen functional groups attached to an aromatic ring is 1. The van der Waals surface area contributed by atoms with Crippen molar-refractivity contribution in [1.82, 2.24) is 24.4 Å². The predicted molar refractivity (Wildman–Crippen MR) is 129 cm³/mol. The number of anilines is 2. The van der Waals surface area contributed by atoms with Crippen LogP contribution in [0.15, 0.2) is 48.7 Å². The highest BCUT2D eigenvalue weighted by Crippen LogP contribution is 2.28. The Hall–Kier alpha value is -3.96. The number of terminal acetylenes is 1. The van der Waals surface area contributed by atoms with E-state index < -0.39 is 0 Å². The lowest BCUT2D eigenvalue weighted by Gasteiger charge is -2.35. The molecule has 0 bridgehead atoms. The SMILES string of the molecule is C#CCN1CCN(c2ccc(-n3c(C)nc4ccc(-c5ccnc(N)c5)nc43)cc2F)CC1. The molecule has 1 aliphatic rings. The molecular formula is C25H24FN7. The highest BCUT2D eigenvalue weighted by Gasteiger charge is 2.20. The van der Waals surface area contributed by atoms with E-state index in [0.29, 0.717) is 29.4 Å². The molecule has 0 radical (unpaired) electrons. The first-order valence-corrected chi connectivity index (χ1v) is 10.8. The second-order valence-electron chi connectivity index (χ2n) is 8.11. The van der Waals surface area contributed by atoms with Crippen molar-refractivity contribution in [1.29, 1.82) is 0 Å². The fourth-order valence-corrected chi connectivity index (χ4v) is 4.32. The van der Waals surface area contributed by atoms with Gasteiger partial charge in [0.2, 0.25) is 0 Å². The van der Waals surface area contributed by atoms with Gasteiger partial charge in [-0.25, -0.2) is 19.3 Å². The number of nitrogens with two attached hydrogens (primary N) is 1. The van der Waals surface area contributed by atoms with Crippen molar-refractivity contribution in [2.75, 3.05) is 43.4 Å². The fraction of sp³-hybridized carbons (Fsp3) is 0.240. The number of pyridine rings is 2. The zero-order valence-electron chi connectivity index (χ0n) is 18.4. The van der Waals surface area contributed by atoms with Gasteiger partial charge in [0.1, 0.15) is 23.0 Å². The Morgan fingerprint density at radius 2 is 1.88 bits per heavy atom. The Balaban J connectivity index is 1.49. The molecule has 0 spiro atoms. The van der Waals surface area contributed by atoms with Crippen molar-refractivity contribution in [3.05, 3.63) is 60.3 Å². The van der Waals surface area contributed by atoms with E-state index in [-0.39, 0.29) is 5.82 Å². The van der Waals surface area contributed by atoms with E-state index in [4.69, 9.17) is 17.1 Å². The summed E-state index contributed by atoms with van der Waals surface area (Å²) in [5, 5.41) is 0. The van der Waals surface area contributed by atoms with Crippen LogP contribution in [-0.2, 0) is 0 Å². The molecule has 4 heterocycles. The van der Waals surface area contributed by atoms with Gasteiger partial charge < -0.3 is 10.6 Å². The third-order valence-corrected chi connectivity index (χ3v) is 5.97. The van der Waals surface area contributed by atoms with E-state index >= 15 is 4.39 Å². The minimum Gasteiger partial charge on any atom is -0.384 e. The van der Waals surface area contributed by atoms with Gasteiger partial charge in [-0.3, -0.25) is 9.47 Å². The Labute approximate surface area is 191 Å². The van der Waals surface area contributed by atoms with Crippen LogP contribution in [0.25, 0.3) is 28.1 Å². The Kier molecular flexibility index (Phi) is 5.40. The summed E-state index contributed by atoms with van der Waals surface area (Å²) in [6.07, 6.45) is 7.06. The predicted octanol–water partition coefficient (Wildman–Crippen LogP) is 3.27. The average molecular weight is 442 g/mol. The molecule has 33 heavy (non-hydrogen) atoms. The van der Waals surface area contributed by atoms with Crippen LogP contribution in [0.1, 0.15) is 5.82 Å². The second-order valence-corrected chi connectivity index (χ2v) is 8.11. The Morgan fingerprint density at radius 1 is 1.06 bits per heavy atom. The van der Waals surface area contributed by atoms with Crippen LogP contribution < -0.4 is 10.6 Å². The van der Waals surface area contributed by atoms with Crippen molar-refractivity contribution in [2.24, 2.45) is 0 Å². The van der Waals surface area contributed by atoms with E-state index in [0.717, 1.165) is 48.8 Å². The summed E-state index contributed by atoms with van der Waals surface area (Å²) in [6, 6.07) is 12.8. The number of hydrogen-bond acceptors (Lipinski definition) is 6. The van der Waals surface area contributed by atoms with Crippen molar-refractivity contribution in [3.63, 3.8) is 0 Å². The lowest BCUT2D eigenvalue weighted by atomic mass is 10.1. The summed E-state index contributed by atoms with van der Waals surface area (Å²) >= 11 is 0. The van der Waals surface area contributed by atoms with Gasteiger partial charge >= 0.3 is 0 Å². The lowest BCUT2D eigenvalue weighted by molar-refractivity contribution is 0.287. The smallest absolute Gasteiger partial charge is 0.165 e. The van der Waals surface area contributed by atoms with E-state index in [2.05, 4.69) is 25.7 Å². The van der Waals surface area contributed by atoms with Gasteiger partial charge in [-0.15, -0.1) is 6.42 Å². The molecule has 1 saturated heterocycles. The number of imidazole rings is 1. The fourth-order valence-electron chi connectivity index (χ4n) is 4.32. The number of rotatable bonds is 4. The molecule has 0 atom stereocenters. The minimum atomic E-state index is -0.266. The number of hydrogen-bond donors (Lipinski definition) is 1. The van der Waals surface area contributed by atoms with Gasteiger partial charge in [-0.05, 0) is 43.3 Å². The molecular weight excluding hydrogens is 417 g/mol. The molecule has 3 aromatic heterocycles. The summed E-state index contributed by atoms with van der Waals surface area (Å²) in [6.45, 7) is 5.65. The Morgan fingerprint density at radius 3 is 2.61 bits per heavy atom. The van der Waals surface area contributed by atoms with Crippen LogP contribution in [-0.4, -0.2) is 57.1 Å². The van der Waals surface area contributed by atoms with Gasteiger partial charge in [0.15, 0.2) is 5.65 Å². The molecule has 0 amide bonds. The molecule has 4 aromatic rings. The number of nitrogens with zero attached hydrogens (tertiary/aromatic N) is 6. The highest BCUT2D eigenvalue weighted by molar-refractivity contribution is 5.78. The van der Waals surface area contributed by atoms with Crippen LogP contribution in [0.4, 0.5) is 15.9 Å². The van der Waals surface area contributed by atoms with Gasteiger partial charge in [-0.1, -0.05) is 5.92 Å². The number of piperazine rings is 1. The average Bonchev–Trinajstić information content (AvgIpc) is 3.15. The molecule has 8 heteroatoms. The number of benzene rings is 1. The van der Waals surface area contributed by atoms with E-state index in [1.807, 2.05) is 41.8 Å². The second kappa shape index (κ2) is 8.52. The largest absolute Gasteiger partial charge is 0.384 e. The number of aryl methyl sites for hydroxylation is 1. The van der Waals surface area contributed by atoms with Crippen LogP contribution >= 0.6 is 0 Å². The van der Waals surface area contributed by atoms with Crippen LogP contribution in [0, 0.1) is 25.1 Å². The third-order valence-electron chi connectivity index (χ3n) is 5.97. The number of halogens is 1. The van der Waals surface area contributed by atoms with Crippen molar-refractivity contribution < 1.29 is 4.39 Å². The van der Waals surface area contributed by atoms with Gasteiger partial charge in [0.25, 0.3) is 0 Å². The molecule has 0 aliphatic carbocycles. The summed E-state index contributed by atoms with van der Waals surface area (Å²) in [4.78, 5) is 17.7. The highest BCUT2D eigenvalue weighted by atomic mass is 19.1. The van der Waals surface area contributed by atoms with Crippen molar-refractivity contribution >= 4 is 22.7 Å². The molecule has 0 unspecified atom stereocenters. The molecule has 7 nitrogen and oxygen atoms in total. The van der Waals surface area contributed by atoms with E-state index in [1.165, 1.54) is 0 Å². The van der Waals surface area contributed by atoms with E-state index in [9.17, 15) is 0 Å². The van der Waals surface area contributed by atoms with Gasteiger partial charge in [-0.2, -0.15) is 0 Å². The normalized spacial score (nSPS) is 14.5. The molecule has 0 saturated carbocycles. The minimum absolute atomic E-state index is 0.266. The maximum Gasteiger partial charge on any atom is 0.165 e.